The van der Waals surface area contributed by atoms with Crippen molar-refractivity contribution in [2.75, 3.05) is 0 Å². The molecule has 0 aromatic heterocycles. The SMILES string of the molecule is CCCCC(C)(CCCC)N=C(C)N. The van der Waals surface area contributed by atoms with E-state index in [1.54, 1.807) is 0 Å². The predicted molar refractivity (Wildman–Crippen MR) is 64.8 cm³/mol. The first kappa shape index (κ1) is 13.5. The largest absolute Gasteiger partial charge is 0.388 e. The molecule has 2 nitrogen and oxygen atoms in total. The van der Waals surface area contributed by atoms with E-state index >= 15 is 0 Å². The monoisotopic (exact) mass is 198 g/mol. The maximum atomic E-state index is 5.67. The van der Waals surface area contributed by atoms with Crippen molar-refractivity contribution in [1.29, 1.82) is 0 Å². The summed E-state index contributed by atoms with van der Waals surface area (Å²) in [5, 5.41) is 0. The molecule has 0 rings (SSSR count). The number of amidine groups is 1. The minimum absolute atomic E-state index is 0.0881. The summed E-state index contributed by atoms with van der Waals surface area (Å²) in [7, 11) is 0. The van der Waals surface area contributed by atoms with Crippen LogP contribution in [0.1, 0.15) is 66.2 Å². The van der Waals surface area contributed by atoms with Crippen LogP contribution in [0.5, 0.6) is 0 Å². The Balaban J connectivity index is 4.25. The van der Waals surface area contributed by atoms with Crippen LogP contribution in [0.2, 0.25) is 0 Å². The van der Waals surface area contributed by atoms with Crippen molar-refractivity contribution >= 4 is 5.84 Å². The van der Waals surface area contributed by atoms with Crippen molar-refractivity contribution in [3.63, 3.8) is 0 Å². The van der Waals surface area contributed by atoms with Crippen LogP contribution < -0.4 is 5.73 Å². The van der Waals surface area contributed by atoms with Gasteiger partial charge in [-0.15, -0.1) is 0 Å². The molecule has 0 radical (unpaired) electrons. The van der Waals surface area contributed by atoms with E-state index in [-0.39, 0.29) is 5.54 Å². The van der Waals surface area contributed by atoms with Crippen molar-refractivity contribution in [3.05, 3.63) is 0 Å². The fourth-order valence-electron chi connectivity index (χ4n) is 1.78. The topological polar surface area (TPSA) is 38.4 Å². The molecule has 0 saturated heterocycles. The Morgan fingerprint density at radius 2 is 1.57 bits per heavy atom. The molecule has 0 saturated carbocycles. The second-order valence-electron chi connectivity index (χ2n) is 4.46. The molecule has 84 valence electrons. The van der Waals surface area contributed by atoms with Crippen LogP contribution in [0, 0.1) is 0 Å². The summed E-state index contributed by atoms with van der Waals surface area (Å²) >= 11 is 0. The van der Waals surface area contributed by atoms with Gasteiger partial charge in [-0.25, -0.2) is 0 Å². The fraction of sp³-hybridized carbons (Fsp3) is 0.917. The molecule has 0 aromatic rings. The highest BCUT2D eigenvalue weighted by Gasteiger charge is 2.21. The number of nitrogens with zero attached hydrogens (tertiary/aromatic N) is 1. The van der Waals surface area contributed by atoms with E-state index in [1.807, 2.05) is 6.92 Å². The van der Waals surface area contributed by atoms with Gasteiger partial charge in [-0.05, 0) is 26.7 Å². The zero-order valence-electron chi connectivity index (χ0n) is 10.3. The molecule has 0 spiro atoms. The number of aliphatic imine (C=N–C) groups is 1. The van der Waals surface area contributed by atoms with E-state index in [0.717, 1.165) is 18.7 Å². The van der Waals surface area contributed by atoms with Crippen LogP contribution in [0.4, 0.5) is 0 Å². The number of hydrogen-bond donors (Lipinski definition) is 1. The zero-order chi connectivity index (χ0) is 11.0. The minimum Gasteiger partial charge on any atom is -0.388 e. The van der Waals surface area contributed by atoms with Crippen molar-refractivity contribution in [2.45, 2.75) is 71.8 Å². The van der Waals surface area contributed by atoms with Gasteiger partial charge in [0.25, 0.3) is 0 Å². The van der Waals surface area contributed by atoms with E-state index in [0.29, 0.717) is 0 Å². The Morgan fingerprint density at radius 3 is 1.86 bits per heavy atom. The molecule has 0 fully saturated rings. The first-order valence-electron chi connectivity index (χ1n) is 5.86. The molecule has 14 heavy (non-hydrogen) atoms. The zero-order valence-corrected chi connectivity index (χ0v) is 10.3. The third kappa shape index (κ3) is 6.01. The summed E-state index contributed by atoms with van der Waals surface area (Å²) in [6.07, 6.45) is 7.30. The first-order valence-corrected chi connectivity index (χ1v) is 5.86. The highest BCUT2D eigenvalue weighted by atomic mass is 14.9. The van der Waals surface area contributed by atoms with Crippen molar-refractivity contribution < 1.29 is 0 Å². The summed E-state index contributed by atoms with van der Waals surface area (Å²) in [6, 6.07) is 0. The maximum Gasteiger partial charge on any atom is 0.0912 e. The Bertz CT molecular complexity index is 161. The molecule has 0 unspecified atom stereocenters. The molecule has 0 amide bonds. The number of rotatable bonds is 7. The minimum atomic E-state index is 0.0881. The van der Waals surface area contributed by atoms with Gasteiger partial charge in [0.05, 0.1) is 11.4 Å². The Morgan fingerprint density at radius 1 is 1.14 bits per heavy atom. The molecular weight excluding hydrogens is 172 g/mol. The van der Waals surface area contributed by atoms with Gasteiger partial charge in [0.15, 0.2) is 0 Å². The quantitative estimate of drug-likeness (QED) is 0.493. The second-order valence-corrected chi connectivity index (χ2v) is 4.46. The van der Waals surface area contributed by atoms with E-state index in [1.165, 1.54) is 25.7 Å². The molecule has 2 N–H and O–H groups in total. The lowest BCUT2D eigenvalue weighted by atomic mass is 9.90. The molecule has 0 atom stereocenters. The molecule has 0 heterocycles. The molecule has 0 aromatic carbocycles. The number of hydrogen-bond acceptors (Lipinski definition) is 1. The van der Waals surface area contributed by atoms with Crippen molar-refractivity contribution in [3.8, 4) is 0 Å². The number of unbranched alkanes of at least 4 members (excludes halogenated alkanes) is 2. The Kier molecular flexibility index (Phi) is 6.60. The smallest absolute Gasteiger partial charge is 0.0912 e. The normalized spacial score (nSPS) is 13.3. The molecule has 2 heteroatoms. The third-order valence-electron chi connectivity index (χ3n) is 2.58. The molecule has 0 aliphatic rings. The molecular formula is C12H26N2. The molecule has 0 aliphatic heterocycles. The van der Waals surface area contributed by atoms with E-state index in [4.69, 9.17) is 5.73 Å². The van der Waals surface area contributed by atoms with Crippen LogP contribution >= 0.6 is 0 Å². The summed E-state index contributed by atoms with van der Waals surface area (Å²) in [5.41, 5.74) is 5.76. The highest BCUT2D eigenvalue weighted by Crippen LogP contribution is 2.25. The van der Waals surface area contributed by atoms with Crippen LogP contribution in [0.3, 0.4) is 0 Å². The number of nitrogens with two attached hydrogens (primary N) is 1. The average molecular weight is 198 g/mol. The summed E-state index contributed by atoms with van der Waals surface area (Å²) < 4.78 is 0. The first-order chi connectivity index (χ1) is 6.54. The molecule has 0 aliphatic carbocycles. The lowest BCUT2D eigenvalue weighted by Crippen LogP contribution is -2.25. The van der Waals surface area contributed by atoms with Gasteiger partial charge in [0, 0.05) is 0 Å². The average Bonchev–Trinajstić information content (AvgIpc) is 2.11. The van der Waals surface area contributed by atoms with E-state index in [2.05, 4.69) is 25.8 Å². The van der Waals surface area contributed by atoms with E-state index in [9.17, 15) is 0 Å². The predicted octanol–water partition coefficient (Wildman–Crippen LogP) is 3.50. The van der Waals surface area contributed by atoms with Gasteiger partial charge in [-0.2, -0.15) is 0 Å². The third-order valence-corrected chi connectivity index (χ3v) is 2.58. The van der Waals surface area contributed by atoms with Gasteiger partial charge in [0.1, 0.15) is 0 Å². The van der Waals surface area contributed by atoms with Gasteiger partial charge in [-0.3, -0.25) is 4.99 Å². The second kappa shape index (κ2) is 6.86. The fourth-order valence-corrected chi connectivity index (χ4v) is 1.78. The Labute approximate surface area is 89.0 Å². The maximum absolute atomic E-state index is 5.67. The molecule has 0 bridgehead atoms. The van der Waals surface area contributed by atoms with Crippen LogP contribution in [0.15, 0.2) is 4.99 Å². The lowest BCUT2D eigenvalue weighted by molar-refractivity contribution is 0.378. The van der Waals surface area contributed by atoms with Gasteiger partial charge in [-0.1, -0.05) is 39.5 Å². The summed E-state index contributed by atoms with van der Waals surface area (Å²) in [5.74, 6) is 0.722. The van der Waals surface area contributed by atoms with Crippen molar-refractivity contribution in [1.82, 2.24) is 0 Å². The summed E-state index contributed by atoms with van der Waals surface area (Å²) in [4.78, 5) is 4.58. The lowest BCUT2D eigenvalue weighted by Gasteiger charge is -2.25. The van der Waals surface area contributed by atoms with Crippen LogP contribution in [0.25, 0.3) is 0 Å². The van der Waals surface area contributed by atoms with Crippen molar-refractivity contribution in [2.24, 2.45) is 10.7 Å². The Hall–Kier alpha value is -0.530. The van der Waals surface area contributed by atoms with Gasteiger partial charge in [0.2, 0.25) is 0 Å². The summed E-state index contributed by atoms with van der Waals surface area (Å²) in [6.45, 7) is 8.56. The van der Waals surface area contributed by atoms with E-state index < -0.39 is 0 Å². The highest BCUT2D eigenvalue weighted by molar-refractivity contribution is 5.77. The standard InChI is InChI=1S/C12H26N2/c1-5-7-9-12(4,10-8-6-2)14-11(3)13/h5-10H2,1-4H3,(H2,13,14). The van der Waals surface area contributed by atoms with Crippen LogP contribution in [-0.4, -0.2) is 11.4 Å². The van der Waals surface area contributed by atoms with Gasteiger partial charge < -0.3 is 5.73 Å². The van der Waals surface area contributed by atoms with Gasteiger partial charge >= 0.3 is 0 Å². The van der Waals surface area contributed by atoms with Crippen LogP contribution in [-0.2, 0) is 0 Å².